The van der Waals surface area contributed by atoms with Crippen molar-refractivity contribution in [2.24, 2.45) is 0 Å². The molecule has 1 atom stereocenters. The van der Waals surface area contributed by atoms with Crippen molar-refractivity contribution in [3.8, 4) is 0 Å². The Hall–Kier alpha value is -0.820. The summed E-state index contributed by atoms with van der Waals surface area (Å²) in [5.74, 6) is 0. The van der Waals surface area contributed by atoms with E-state index in [9.17, 15) is 0 Å². The van der Waals surface area contributed by atoms with Gasteiger partial charge in [0.05, 0.1) is 0 Å². The van der Waals surface area contributed by atoms with E-state index in [4.69, 9.17) is 0 Å². The van der Waals surface area contributed by atoms with Crippen LogP contribution in [0.4, 0.5) is 0 Å². The van der Waals surface area contributed by atoms with E-state index in [-0.39, 0.29) is 0 Å². The topological polar surface area (TPSA) is 12.0 Å². The Bertz CT molecular complexity index is 319. The van der Waals surface area contributed by atoms with Crippen LogP contribution in [0.1, 0.15) is 48.9 Å². The van der Waals surface area contributed by atoms with E-state index in [1.165, 1.54) is 36.0 Å². The summed E-state index contributed by atoms with van der Waals surface area (Å²) in [5, 5.41) is 3.69. The molecular formula is C14H21N. The van der Waals surface area contributed by atoms with E-state index in [1.54, 1.807) is 0 Å². The second-order valence-corrected chi connectivity index (χ2v) is 4.94. The van der Waals surface area contributed by atoms with Crippen LogP contribution in [-0.2, 0) is 0 Å². The lowest BCUT2D eigenvalue weighted by molar-refractivity contribution is 0.313. The fourth-order valence-electron chi connectivity index (χ4n) is 2.28. The molecule has 15 heavy (non-hydrogen) atoms. The zero-order chi connectivity index (χ0) is 10.8. The van der Waals surface area contributed by atoms with Crippen molar-refractivity contribution in [2.75, 3.05) is 0 Å². The van der Waals surface area contributed by atoms with Crippen LogP contribution in [-0.4, -0.2) is 6.04 Å². The lowest BCUT2D eigenvalue weighted by Gasteiger charge is -2.30. The summed E-state index contributed by atoms with van der Waals surface area (Å²) in [6, 6.07) is 8.08. The van der Waals surface area contributed by atoms with Gasteiger partial charge in [0.2, 0.25) is 0 Å². The van der Waals surface area contributed by atoms with E-state index in [0.29, 0.717) is 6.04 Å². The molecule has 1 heteroatoms. The van der Waals surface area contributed by atoms with Crippen molar-refractivity contribution in [3.63, 3.8) is 0 Å². The quantitative estimate of drug-likeness (QED) is 0.792. The zero-order valence-corrected chi connectivity index (χ0v) is 10.0. The molecule has 0 heterocycles. The van der Waals surface area contributed by atoms with Crippen molar-refractivity contribution in [1.29, 1.82) is 0 Å². The first-order chi connectivity index (χ1) is 7.15. The van der Waals surface area contributed by atoms with Crippen molar-refractivity contribution >= 4 is 0 Å². The molecule has 1 N–H and O–H groups in total. The van der Waals surface area contributed by atoms with Crippen LogP contribution in [0, 0.1) is 13.8 Å². The van der Waals surface area contributed by atoms with Crippen molar-refractivity contribution in [3.05, 3.63) is 34.9 Å². The van der Waals surface area contributed by atoms with Crippen LogP contribution >= 0.6 is 0 Å². The Morgan fingerprint density at radius 3 is 2.20 bits per heavy atom. The van der Waals surface area contributed by atoms with E-state index < -0.39 is 0 Å². The standard InChI is InChI=1S/C14H21N/c1-10-7-11(2)9-13(8-10)12(3)15-14-5-4-6-14/h7-9,12,14-15H,4-6H2,1-3H3. The minimum absolute atomic E-state index is 0.494. The maximum atomic E-state index is 3.69. The molecule has 0 aromatic heterocycles. The van der Waals surface area contributed by atoms with Gasteiger partial charge in [-0.2, -0.15) is 0 Å². The van der Waals surface area contributed by atoms with Crippen molar-refractivity contribution < 1.29 is 0 Å². The highest BCUT2D eigenvalue weighted by Crippen LogP contribution is 2.23. The molecule has 0 radical (unpaired) electrons. The predicted molar refractivity (Wildman–Crippen MR) is 65.1 cm³/mol. The Morgan fingerprint density at radius 2 is 1.73 bits per heavy atom. The third-order valence-corrected chi connectivity index (χ3v) is 3.33. The first-order valence-electron chi connectivity index (χ1n) is 5.99. The zero-order valence-electron chi connectivity index (χ0n) is 10.0. The van der Waals surface area contributed by atoms with Gasteiger partial charge in [-0.25, -0.2) is 0 Å². The van der Waals surface area contributed by atoms with Crippen LogP contribution in [0.25, 0.3) is 0 Å². The molecule has 82 valence electrons. The third-order valence-electron chi connectivity index (χ3n) is 3.33. The minimum atomic E-state index is 0.494. The van der Waals surface area contributed by atoms with Gasteiger partial charge in [0.25, 0.3) is 0 Å². The number of rotatable bonds is 3. The average molecular weight is 203 g/mol. The van der Waals surface area contributed by atoms with E-state index in [0.717, 1.165) is 6.04 Å². The van der Waals surface area contributed by atoms with Crippen LogP contribution in [0.3, 0.4) is 0 Å². The van der Waals surface area contributed by atoms with Gasteiger partial charge in [0.15, 0.2) is 0 Å². The molecular weight excluding hydrogens is 182 g/mol. The molecule has 0 saturated heterocycles. The normalized spacial score (nSPS) is 18.6. The molecule has 1 aliphatic carbocycles. The lowest BCUT2D eigenvalue weighted by Crippen LogP contribution is -2.36. The van der Waals surface area contributed by atoms with Gasteiger partial charge in [-0.05, 0) is 39.2 Å². The summed E-state index contributed by atoms with van der Waals surface area (Å²) in [4.78, 5) is 0. The van der Waals surface area contributed by atoms with Crippen molar-refractivity contribution in [1.82, 2.24) is 5.32 Å². The van der Waals surface area contributed by atoms with Gasteiger partial charge in [-0.1, -0.05) is 35.7 Å². The fraction of sp³-hybridized carbons (Fsp3) is 0.571. The number of nitrogens with one attached hydrogen (secondary N) is 1. The molecule has 0 amide bonds. The summed E-state index contributed by atoms with van der Waals surface area (Å²) in [5.41, 5.74) is 4.17. The van der Waals surface area contributed by atoms with Crippen LogP contribution in [0.2, 0.25) is 0 Å². The van der Waals surface area contributed by atoms with Crippen LogP contribution in [0.5, 0.6) is 0 Å². The molecule has 1 saturated carbocycles. The molecule has 1 aliphatic rings. The average Bonchev–Trinajstić information content (AvgIpc) is 2.09. The van der Waals surface area contributed by atoms with Gasteiger partial charge < -0.3 is 5.32 Å². The minimum Gasteiger partial charge on any atom is -0.307 e. The van der Waals surface area contributed by atoms with E-state index in [2.05, 4.69) is 44.3 Å². The first kappa shape index (κ1) is 10.7. The van der Waals surface area contributed by atoms with Crippen LogP contribution in [0.15, 0.2) is 18.2 Å². The highest BCUT2D eigenvalue weighted by atomic mass is 15.0. The third kappa shape index (κ3) is 2.60. The highest BCUT2D eigenvalue weighted by molar-refractivity contribution is 5.30. The Morgan fingerprint density at radius 1 is 1.13 bits per heavy atom. The lowest BCUT2D eigenvalue weighted by atomic mass is 9.91. The van der Waals surface area contributed by atoms with E-state index >= 15 is 0 Å². The maximum absolute atomic E-state index is 3.69. The SMILES string of the molecule is Cc1cc(C)cc(C(C)NC2CCC2)c1. The van der Waals surface area contributed by atoms with Crippen molar-refractivity contribution in [2.45, 2.75) is 52.1 Å². The molecule has 1 nitrogen and oxygen atoms in total. The summed E-state index contributed by atoms with van der Waals surface area (Å²) in [6.45, 7) is 6.62. The van der Waals surface area contributed by atoms with Gasteiger partial charge in [-0.15, -0.1) is 0 Å². The molecule has 2 rings (SSSR count). The smallest absolute Gasteiger partial charge is 0.0294 e. The fourth-order valence-corrected chi connectivity index (χ4v) is 2.28. The predicted octanol–water partition coefficient (Wildman–Crippen LogP) is 3.51. The molecule has 0 aliphatic heterocycles. The largest absolute Gasteiger partial charge is 0.307 e. The summed E-state index contributed by atoms with van der Waals surface area (Å²) >= 11 is 0. The van der Waals surface area contributed by atoms with E-state index in [1.807, 2.05) is 0 Å². The Labute approximate surface area is 92.9 Å². The maximum Gasteiger partial charge on any atom is 0.0294 e. The van der Waals surface area contributed by atoms with Gasteiger partial charge in [-0.3, -0.25) is 0 Å². The monoisotopic (exact) mass is 203 g/mol. The summed E-state index contributed by atoms with van der Waals surface area (Å²) in [7, 11) is 0. The number of hydrogen-bond acceptors (Lipinski definition) is 1. The van der Waals surface area contributed by atoms with Crippen LogP contribution < -0.4 is 5.32 Å². The number of benzene rings is 1. The molecule has 0 spiro atoms. The second kappa shape index (κ2) is 4.36. The summed E-state index contributed by atoms with van der Waals surface area (Å²) in [6.07, 6.45) is 4.11. The Balaban J connectivity index is 2.06. The molecule has 1 fully saturated rings. The molecule has 1 unspecified atom stereocenters. The summed E-state index contributed by atoms with van der Waals surface area (Å²) < 4.78 is 0. The molecule has 1 aromatic rings. The second-order valence-electron chi connectivity index (χ2n) is 4.94. The number of hydrogen-bond donors (Lipinski definition) is 1. The Kier molecular flexibility index (Phi) is 3.11. The number of aryl methyl sites for hydroxylation is 2. The molecule has 0 bridgehead atoms. The van der Waals surface area contributed by atoms with Gasteiger partial charge in [0.1, 0.15) is 0 Å². The first-order valence-corrected chi connectivity index (χ1v) is 5.99. The van der Waals surface area contributed by atoms with Gasteiger partial charge in [0, 0.05) is 12.1 Å². The highest BCUT2D eigenvalue weighted by Gasteiger charge is 2.19. The molecule has 1 aromatic carbocycles. The van der Waals surface area contributed by atoms with Gasteiger partial charge >= 0.3 is 0 Å².